The fourth-order valence-corrected chi connectivity index (χ4v) is 2.84. The highest BCUT2D eigenvalue weighted by molar-refractivity contribution is 5.80. The first-order valence-electron chi connectivity index (χ1n) is 7.48. The van der Waals surface area contributed by atoms with E-state index in [1.807, 2.05) is 26.0 Å². The van der Waals surface area contributed by atoms with E-state index in [-0.39, 0.29) is 18.2 Å². The van der Waals surface area contributed by atoms with Crippen molar-refractivity contribution >= 4 is 11.9 Å². The quantitative estimate of drug-likeness (QED) is 0.875. The van der Waals surface area contributed by atoms with E-state index in [9.17, 15) is 9.59 Å². The zero-order valence-electron chi connectivity index (χ0n) is 12.7. The molecule has 1 unspecified atom stereocenters. The highest BCUT2D eigenvalue weighted by Crippen LogP contribution is 2.26. The van der Waals surface area contributed by atoms with Crippen molar-refractivity contribution in [2.45, 2.75) is 51.5 Å². The molecule has 0 bridgehead atoms. The van der Waals surface area contributed by atoms with Gasteiger partial charge in [0.15, 0.2) is 0 Å². The third kappa shape index (κ3) is 4.31. The Bertz CT molecular complexity index is 537. The molecule has 0 saturated heterocycles. The Morgan fingerprint density at radius 1 is 1.29 bits per heavy atom. The molecule has 4 nitrogen and oxygen atoms in total. The highest BCUT2D eigenvalue weighted by Gasteiger charge is 2.28. The topological polar surface area (TPSA) is 66.4 Å². The number of aliphatic carboxylic acids is 1. The molecule has 4 heteroatoms. The average molecular weight is 289 g/mol. The summed E-state index contributed by atoms with van der Waals surface area (Å²) >= 11 is 0. The van der Waals surface area contributed by atoms with Gasteiger partial charge in [-0.2, -0.15) is 0 Å². The summed E-state index contributed by atoms with van der Waals surface area (Å²) in [6, 6.07) is 8.26. The number of carboxylic acids is 1. The second-order valence-corrected chi connectivity index (χ2v) is 6.48. The summed E-state index contributed by atoms with van der Waals surface area (Å²) in [4.78, 5) is 23.1. The molecule has 21 heavy (non-hydrogen) atoms. The van der Waals surface area contributed by atoms with Crippen molar-refractivity contribution in [1.29, 1.82) is 0 Å². The summed E-state index contributed by atoms with van der Waals surface area (Å²) in [5.74, 6) is -0.798. The molecule has 1 aromatic carbocycles. The van der Waals surface area contributed by atoms with Crippen LogP contribution in [0.2, 0.25) is 0 Å². The van der Waals surface area contributed by atoms with Gasteiger partial charge in [-0.05, 0) is 50.7 Å². The number of fused-ring (bicyclic) bond motifs is 1. The number of aryl methyl sites for hydroxylation is 1. The van der Waals surface area contributed by atoms with Crippen LogP contribution in [0.5, 0.6) is 0 Å². The molecule has 1 aromatic rings. The maximum Gasteiger partial charge on any atom is 0.303 e. The number of hydrogen-bond acceptors (Lipinski definition) is 2. The summed E-state index contributed by atoms with van der Waals surface area (Å²) in [6.45, 7) is 3.76. The van der Waals surface area contributed by atoms with Gasteiger partial charge >= 0.3 is 5.97 Å². The van der Waals surface area contributed by atoms with E-state index >= 15 is 0 Å². The zero-order chi connectivity index (χ0) is 15.5. The number of carbonyl (C=O) groups is 2. The summed E-state index contributed by atoms with van der Waals surface area (Å²) < 4.78 is 0. The van der Waals surface area contributed by atoms with Crippen LogP contribution in [0.1, 0.15) is 44.2 Å². The highest BCUT2D eigenvalue weighted by atomic mass is 16.4. The van der Waals surface area contributed by atoms with Crippen molar-refractivity contribution in [1.82, 2.24) is 5.32 Å². The summed E-state index contributed by atoms with van der Waals surface area (Å²) in [5, 5.41) is 11.8. The van der Waals surface area contributed by atoms with Crippen molar-refractivity contribution in [2.75, 3.05) is 0 Å². The van der Waals surface area contributed by atoms with Crippen LogP contribution in [0, 0.1) is 5.92 Å². The Labute approximate surface area is 125 Å². The Balaban J connectivity index is 1.94. The lowest BCUT2D eigenvalue weighted by atomic mass is 9.83. The van der Waals surface area contributed by atoms with Gasteiger partial charge in [-0.1, -0.05) is 24.3 Å². The predicted octanol–water partition coefficient (Wildman–Crippen LogP) is 2.55. The minimum atomic E-state index is -0.830. The van der Waals surface area contributed by atoms with E-state index in [0.29, 0.717) is 6.42 Å². The van der Waals surface area contributed by atoms with Crippen LogP contribution in [0.15, 0.2) is 24.3 Å². The molecule has 2 N–H and O–H groups in total. The molecule has 0 saturated carbocycles. The van der Waals surface area contributed by atoms with E-state index in [2.05, 4.69) is 17.4 Å². The van der Waals surface area contributed by atoms with Gasteiger partial charge in [0.1, 0.15) is 0 Å². The van der Waals surface area contributed by atoms with Gasteiger partial charge in [0.2, 0.25) is 5.91 Å². The first-order valence-corrected chi connectivity index (χ1v) is 7.48. The molecular weight excluding hydrogens is 266 g/mol. The van der Waals surface area contributed by atoms with Crippen molar-refractivity contribution in [3.63, 3.8) is 0 Å². The minimum absolute atomic E-state index is 0.0102. The molecule has 0 heterocycles. The SMILES string of the molecule is CC(C)(CCC(=O)O)NC(=O)C1CCc2ccccc2C1. The smallest absolute Gasteiger partial charge is 0.303 e. The third-order valence-electron chi connectivity index (χ3n) is 4.14. The van der Waals surface area contributed by atoms with E-state index in [1.54, 1.807) is 0 Å². The van der Waals surface area contributed by atoms with Gasteiger partial charge < -0.3 is 10.4 Å². The van der Waals surface area contributed by atoms with Crippen molar-refractivity contribution in [2.24, 2.45) is 5.92 Å². The van der Waals surface area contributed by atoms with Crippen LogP contribution in [0.3, 0.4) is 0 Å². The lowest BCUT2D eigenvalue weighted by molar-refractivity contribution is -0.138. The van der Waals surface area contributed by atoms with Gasteiger partial charge in [0.05, 0.1) is 0 Å². The van der Waals surface area contributed by atoms with Crippen LogP contribution in [0.25, 0.3) is 0 Å². The predicted molar refractivity (Wildman–Crippen MR) is 81.0 cm³/mol. The molecule has 1 amide bonds. The van der Waals surface area contributed by atoms with Crippen LogP contribution in [0.4, 0.5) is 0 Å². The normalized spacial score (nSPS) is 17.9. The van der Waals surface area contributed by atoms with Gasteiger partial charge in [-0.3, -0.25) is 9.59 Å². The van der Waals surface area contributed by atoms with Crippen LogP contribution in [-0.4, -0.2) is 22.5 Å². The van der Waals surface area contributed by atoms with Gasteiger partial charge in [0.25, 0.3) is 0 Å². The fourth-order valence-electron chi connectivity index (χ4n) is 2.84. The van der Waals surface area contributed by atoms with Crippen molar-refractivity contribution in [3.8, 4) is 0 Å². The number of benzene rings is 1. The zero-order valence-corrected chi connectivity index (χ0v) is 12.7. The second kappa shape index (κ2) is 6.29. The number of nitrogens with one attached hydrogen (secondary N) is 1. The summed E-state index contributed by atoms with van der Waals surface area (Å²) in [6.07, 6.45) is 3.08. The van der Waals surface area contributed by atoms with Crippen LogP contribution in [-0.2, 0) is 22.4 Å². The Morgan fingerprint density at radius 2 is 1.95 bits per heavy atom. The Hall–Kier alpha value is -1.84. The second-order valence-electron chi connectivity index (χ2n) is 6.48. The number of rotatable bonds is 5. The molecule has 0 aliphatic heterocycles. The molecule has 2 rings (SSSR count). The third-order valence-corrected chi connectivity index (χ3v) is 4.14. The molecule has 114 valence electrons. The minimum Gasteiger partial charge on any atom is -0.481 e. The largest absolute Gasteiger partial charge is 0.481 e. The summed E-state index contributed by atoms with van der Waals surface area (Å²) in [7, 11) is 0. The first kappa shape index (κ1) is 15.5. The monoisotopic (exact) mass is 289 g/mol. The molecule has 0 spiro atoms. The standard InChI is InChI=1S/C17H23NO3/c1-17(2,10-9-15(19)20)18-16(21)14-8-7-12-5-3-4-6-13(12)11-14/h3-6,14H,7-11H2,1-2H3,(H,18,21)(H,19,20). The fraction of sp³-hybridized carbons (Fsp3) is 0.529. The van der Waals surface area contributed by atoms with E-state index < -0.39 is 11.5 Å². The Morgan fingerprint density at radius 3 is 2.62 bits per heavy atom. The number of amides is 1. The number of carbonyl (C=O) groups excluding carboxylic acids is 1. The van der Waals surface area contributed by atoms with Crippen LogP contribution >= 0.6 is 0 Å². The van der Waals surface area contributed by atoms with Gasteiger partial charge in [-0.15, -0.1) is 0 Å². The van der Waals surface area contributed by atoms with E-state index in [0.717, 1.165) is 19.3 Å². The van der Waals surface area contributed by atoms with Crippen LogP contribution < -0.4 is 5.32 Å². The molecule has 1 aliphatic rings. The maximum absolute atomic E-state index is 12.4. The van der Waals surface area contributed by atoms with E-state index in [1.165, 1.54) is 11.1 Å². The lowest BCUT2D eigenvalue weighted by Gasteiger charge is -2.30. The van der Waals surface area contributed by atoms with Gasteiger partial charge in [0, 0.05) is 17.9 Å². The van der Waals surface area contributed by atoms with Crippen molar-refractivity contribution in [3.05, 3.63) is 35.4 Å². The summed E-state index contributed by atoms with van der Waals surface area (Å²) in [5.41, 5.74) is 2.12. The lowest BCUT2D eigenvalue weighted by Crippen LogP contribution is -2.47. The molecule has 0 radical (unpaired) electrons. The van der Waals surface area contributed by atoms with Crippen molar-refractivity contribution < 1.29 is 14.7 Å². The molecule has 1 atom stereocenters. The number of hydrogen-bond donors (Lipinski definition) is 2. The molecule has 0 aromatic heterocycles. The molecular formula is C17H23NO3. The van der Waals surface area contributed by atoms with E-state index in [4.69, 9.17) is 5.11 Å². The number of carboxylic acid groups (broad SMARTS) is 1. The Kier molecular flexibility index (Phi) is 4.66. The first-order chi connectivity index (χ1) is 9.87. The average Bonchev–Trinajstić information content (AvgIpc) is 2.44. The molecule has 0 fully saturated rings. The van der Waals surface area contributed by atoms with Gasteiger partial charge in [-0.25, -0.2) is 0 Å². The maximum atomic E-state index is 12.4. The molecule has 1 aliphatic carbocycles.